The molecule has 0 saturated carbocycles. The fraction of sp³-hybridized carbons (Fsp3) is 0.545. The number of nitrogens with one attached hydrogen (secondary N) is 1. The van der Waals surface area contributed by atoms with Gasteiger partial charge in [-0.3, -0.25) is 0 Å². The van der Waals surface area contributed by atoms with E-state index in [1.165, 1.54) is 0 Å². The normalized spacial score (nSPS) is 16.6. The molecule has 17 heavy (non-hydrogen) atoms. The van der Waals surface area contributed by atoms with Gasteiger partial charge in [-0.15, -0.1) is 24.2 Å². The monoisotopic (exact) mass is 278 g/mol. The van der Waals surface area contributed by atoms with Gasteiger partial charge in [-0.05, 0) is 38.1 Å². The lowest BCUT2D eigenvalue weighted by molar-refractivity contribution is 0.273. The summed E-state index contributed by atoms with van der Waals surface area (Å²) in [6.45, 7) is 1.75. The molecule has 0 atom stereocenters. The Hall–Kier alpha value is -0.360. The third-order valence-corrected chi connectivity index (χ3v) is 3.92. The Labute approximate surface area is 111 Å². The maximum atomic E-state index is 13.3. The molecule has 1 aliphatic heterocycles. The summed E-state index contributed by atoms with van der Waals surface area (Å²) < 4.78 is 13.3. The molecule has 0 radical (unpaired) electrons. The van der Waals surface area contributed by atoms with Crippen molar-refractivity contribution in [1.29, 1.82) is 0 Å². The van der Waals surface area contributed by atoms with Crippen LogP contribution in [0.4, 0.5) is 4.39 Å². The van der Waals surface area contributed by atoms with Crippen LogP contribution in [0.5, 0.6) is 0 Å². The van der Waals surface area contributed by atoms with Crippen LogP contribution in [0.3, 0.4) is 0 Å². The van der Waals surface area contributed by atoms with Crippen molar-refractivity contribution in [3.8, 4) is 0 Å². The summed E-state index contributed by atoms with van der Waals surface area (Å²) in [7, 11) is 0. The fourth-order valence-electron chi connectivity index (χ4n) is 1.71. The van der Waals surface area contributed by atoms with E-state index in [4.69, 9.17) is 5.11 Å². The number of hydrogen-bond donors (Lipinski definition) is 2. The summed E-state index contributed by atoms with van der Waals surface area (Å²) in [5.41, 5.74) is 0.259. The molecule has 0 bridgehead atoms. The third-order valence-electron chi connectivity index (χ3n) is 2.64. The standard InChI is InChI=1S/C11H15FN2OS.ClH/c12-11-8(7-15)1-2-10(14-11)16-9-3-5-13-6-4-9;/h1-2,9,13,15H,3-7H2;1H. The van der Waals surface area contributed by atoms with Crippen molar-refractivity contribution in [3.63, 3.8) is 0 Å². The van der Waals surface area contributed by atoms with Crippen LogP contribution in [0, 0.1) is 5.95 Å². The smallest absolute Gasteiger partial charge is 0.219 e. The van der Waals surface area contributed by atoms with Crippen molar-refractivity contribution in [2.45, 2.75) is 29.7 Å². The highest BCUT2D eigenvalue weighted by Gasteiger charge is 2.15. The highest BCUT2D eigenvalue weighted by atomic mass is 35.5. The Bertz CT molecular complexity index is 361. The quantitative estimate of drug-likeness (QED) is 0.830. The molecule has 3 nitrogen and oxygen atoms in total. The highest BCUT2D eigenvalue weighted by Crippen LogP contribution is 2.27. The van der Waals surface area contributed by atoms with E-state index in [0.717, 1.165) is 25.9 Å². The number of aliphatic hydroxyl groups is 1. The zero-order valence-corrected chi connectivity index (χ0v) is 11.0. The molecule has 6 heteroatoms. The van der Waals surface area contributed by atoms with Gasteiger partial charge in [-0.25, -0.2) is 4.98 Å². The molecule has 0 amide bonds. The van der Waals surface area contributed by atoms with Gasteiger partial charge in [0.1, 0.15) is 0 Å². The number of aliphatic hydroxyl groups excluding tert-OH is 1. The lowest BCUT2D eigenvalue weighted by Crippen LogP contribution is -2.29. The van der Waals surface area contributed by atoms with Crippen LogP contribution in [0.1, 0.15) is 18.4 Å². The average Bonchev–Trinajstić information content (AvgIpc) is 2.31. The second-order valence-corrected chi connectivity index (χ2v) is 5.15. The zero-order valence-electron chi connectivity index (χ0n) is 9.36. The summed E-state index contributed by atoms with van der Waals surface area (Å²) in [5.74, 6) is -0.554. The molecule has 0 aromatic carbocycles. The van der Waals surface area contributed by atoms with Crippen LogP contribution >= 0.6 is 24.2 Å². The minimum atomic E-state index is -0.554. The number of piperidine rings is 1. The molecule has 0 spiro atoms. The van der Waals surface area contributed by atoms with E-state index in [1.54, 1.807) is 23.9 Å². The summed E-state index contributed by atoms with van der Waals surface area (Å²) >= 11 is 1.63. The Kier molecular flexibility index (Phi) is 6.19. The lowest BCUT2D eigenvalue weighted by Gasteiger charge is -2.21. The van der Waals surface area contributed by atoms with Gasteiger partial charge in [0, 0.05) is 10.8 Å². The number of aromatic nitrogens is 1. The Morgan fingerprint density at radius 1 is 1.41 bits per heavy atom. The first-order valence-corrected chi connectivity index (χ1v) is 6.31. The van der Waals surface area contributed by atoms with Crippen LogP contribution in [0.25, 0.3) is 0 Å². The van der Waals surface area contributed by atoms with Crippen LogP contribution in [-0.2, 0) is 6.61 Å². The molecule has 1 fully saturated rings. The van der Waals surface area contributed by atoms with Gasteiger partial charge in [0.05, 0.1) is 11.6 Å². The van der Waals surface area contributed by atoms with Crippen LogP contribution in [-0.4, -0.2) is 28.4 Å². The van der Waals surface area contributed by atoms with Gasteiger partial charge in [0.15, 0.2) is 0 Å². The minimum absolute atomic E-state index is 0. The first kappa shape index (κ1) is 14.7. The number of rotatable bonds is 3. The number of nitrogens with zero attached hydrogens (tertiary/aromatic N) is 1. The zero-order chi connectivity index (χ0) is 11.4. The number of pyridine rings is 1. The molecular formula is C11H16ClFN2OS. The second kappa shape index (κ2) is 7.16. The summed E-state index contributed by atoms with van der Waals surface area (Å²) in [5, 5.41) is 13.4. The third kappa shape index (κ3) is 4.10. The van der Waals surface area contributed by atoms with Gasteiger partial charge in [0.2, 0.25) is 5.95 Å². The predicted octanol–water partition coefficient (Wildman–Crippen LogP) is 1.98. The van der Waals surface area contributed by atoms with Crippen molar-refractivity contribution in [3.05, 3.63) is 23.6 Å². The molecule has 2 heterocycles. The van der Waals surface area contributed by atoms with Crippen LogP contribution in [0.15, 0.2) is 17.2 Å². The van der Waals surface area contributed by atoms with Gasteiger partial charge in [-0.1, -0.05) is 0 Å². The Morgan fingerprint density at radius 3 is 2.71 bits per heavy atom. The average molecular weight is 279 g/mol. The molecule has 96 valence electrons. The van der Waals surface area contributed by atoms with Crippen molar-refractivity contribution in [2.75, 3.05) is 13.1 Å². The van der Waals surface area contributed by atoms with Crippen molar-refractivity contribution in [2.24, 2.45) is 0 Å². The first-order chi connectivity index (χ1) is 7.79. The van der Waals surface area contributed by atoms with E-state index < -0.39 is 5.95 Å². The topological polar surface area (TPSA) is 45.1 Å². The predicted molar refractivity (Wildman–Crippen MR) is 69.1 cm³/mol. The van der Waals surface area contributed by atoms with E-state index in [1.807, 2.05) is 0 Å². The van der Waals surface area contributed by atoms with Gasteiger partial charge >= 0.3 is 0 Å². The summed E-state index contributed by atoms with van der Waals surface area (Å²) in [6, 6.07) is 3.38. The summed E-state index contributed by atoms with van der Waals surface area (Å²) in [4.78, 5) is 3.85. The SMILES string of the molecule is Cl.OCc1ccc(SC2CCNCC2)nc1F. The van der Waals surface area contributed by atoms with E-state index in [9.17, 15) is 4.39 Å². The molecule has 1 aromatic rings. The minimum Gasteiger partial charge on any atom is -0.392 e. The molecule has 1 aromatic heterocycles. The maximum absolute atomic E-state index is 13.3. The molecule has 0 aliphatic carbocycles. The largest absolute Gasteiger partial charge is 0.392 e. The maximum Gasteiger partial charge on any atom is 0.219 e. The molecular weight excluding hydrogens is 263 g/mol. The number of halogens is 2. The van der Waals surface area contributed by atoms with Gasteiger partial charge in [-0.2, -0.15) is 4.39 Å². The van der Waals surface area contributed by atoms with Crippen molar-refractivity contribution < 1.29 is 9.50 Å². The lowest BCUT2D eigenvalue weighted by atomic mass is 10.2. The number of thioether (sulfide) groups is 1. The van der Waals surface area contributed by atoms with E-state index >= 15 is 0 Å². The molecule has 1 saturated heterocycles. The van der Waals surface area contributed by atoms with Crippen LogP contribution < -0.4 is 5.32 Å². The number of hydrogen-bond acceptors (Lipinski definition) is 4. The van der Waals surface area contributed by atoms with Gasteiger partial charge < -0.3 is 10.4 Å². The second-order valence-electron chi connectivity index (χ2n) is 3.82. The first-order valence-electron chi connectivity index (χ1n) is 5.43. The van der Waals surface area contributed by atoms with Crippen LogP contribution in [0.2, 0.25) is 0 Å². The van der Waals surface area contributed by atoms with E-state index in [2.05, 4.69) is 10.3 Å². The fourth-order valence-corrected chi connectivity index (χ4v) is 2.81. The molecule has 2 rings (SSSR count). The van der Waals surface area contributed by atoms with Gasteiger partial charge in [0.25, 0.3) is 0 Å². The van der Waals surface area contributed by atoms with E-state index in [-0.39, 0.29) is 24.6 Å². The van der Waals surface area contributed by atoms with E-state index in [0.29, 0.717) is 10.3 Å². The molecule has 2 N–H and O–H groups in total. The van der Waals surface area contributed by atoms with Crippen molar-refractivity contribution in [1.82, 2.24) is 10.3 Å². The molecule has 1 aliphatic rings. The van der Waals surface area contributed by atoms with Crippen molar-refractivity contribution >= 4 is 24.2 Å². The molecule has 0 unspecified atom stereocenters. The Morgan fingerprint density at radius 2 is 2.12 bits per heavy atom. The Balaban J connectivity index is 0.00000144. The summed E-state index contributed by atoms with van der Waals surface area (Å²) in [6.07, 6.45) is 2.19. The highest BCUT2D eigenvalue weighted by molar-refractivity contribution is 7.99.